The number of allylic oxidation sites excluding steroid dienone is 1. The molecule has 6 heteroatoms. The maximum atomic E-state index is 11.2. The van der Waals surface area contributed by atoms with Crippen LogP contribution in [0, 0.1) is 0 Å². The first-order chi connectivity index (χ1) is 10.6. The van der Waals surface area contributed by atoms with Crippen LogP contribution >= 0.6 is 11.9 Å². The van der Waals surface area contributed by atoms with Gasteiger partial charge in [0.05, 0.1) is 5.25 Å². The molecule has 5 nitrogen and oxygen atoms in total. The van der Waals surface area contributed by atoms with Crippen molar-refractivity contribution in [3.05, 3.63) is 41.5 Å². The van der Waals surface area contributed by atoms with Gasteiger partial charge < -0.3 is 15.1 Å². The van der Waals surface area contributed by atoms with E-state index in [2.05, 4.69) is 10.0 Å². The van der Waals surface area contributed by atoms with E-state index in [1.807, 2.05) is 30.3 Å². The van der Waals surface area contributed by atoms with E-state index in [0.717, 1.165) is 30.5 Å². The van der Waals surface area contributed by atoms with Crippen LogP contribution in [0.4, 0.5) is 5.69 Å². The molecule has 2 rings (SSSR count). The summed E-state index contributed by atoms with van der Waals surface area (Å²) in [5.74, 6) is -0.882. The molecular formula is C16H20N2O3S. The molecule has 0 saturated carbocycles. The van der Waals surface area contributed by atoms with E-state index < -0.39 is 5.97 Å². The van der Waals surface area contributed by atoms with Crippen molar-refractivity contribution in [2.24, 2.45) is 0 Å². The van der Waals surface area contributed by atoms with Gasteiger partial charge in [0.15, 0.2) is 0 Å². The SMILES string of the molecule is CC(=O)NCc1ccc(NSC2CCCC=C2C(=O)O)cc1. The number of nitrogens with one attached hydrogen (secondary N) is 2. The van der Waals surface area contributed by atoms with Crippen molar-refractivity contribution in [2.75, 3.05) is 4.72 Å². The largest absolute Gasteiger partial charge is 0.478 e. The molecule has 22 heavy (non-hydrogen) atoms. The summed E-state index contributed by atoms with van der Waals surface area (Å²) in [6.45, 7) is 2.00. The molecule has 0 aromatic heterocycles. The number of anilines is 1. The fraction of sp³-hybridized carbons (Fsp3) is 0.375. The van der Waals surface area contributed by atoms with Crippen molar-refractivity contribution >= 4 is 29.5 Å². The molecule has 1 atom stereocenters. The highest BCUT2D eigenvalue weighted by atomic mass is 32.2. The Hall–Kier alpha value is -1.95. The van der Waals surface area contributed by atoms with Gasteiger partial charge in [0.25, 0.3) is 0 Å². The van der Waals surface area contributed by atoms with Gasteiger partial charge in [-0.25, -0.2) is 4.79 Å². The third kappa shape index (κ3) is 4.80. The highest BCUT2D eigenvalue weighted by Crippen LogP contribution is 2.30. The quantitative estimate of drug-likeness (QED) is 0.702. The molecule has 0 spiro atoms. The molecule has 0 saturated heterocycles. The second-order valence-corrected chi connectivity index (χ2v) is 6.22. The lowest BCUT2D eigenvalue weighted by molar-refractivity contribution is -0.132. The summed E-state index contributed by atoms with van der Waals surface area (Å²) >= 11 is 1.44. The molecule has 1 aliphatic rings. The molecule has 0 fully saturated rings. The Morgan fingerprint density at radius 2 is 2.05 bits per heavy atom. The number of carboxylic acids is 1. The van der Waals surface area contributed by atoms with Gasteiger partial charge in [-0.2, -0.15) is 0 Å². The summed E-state index contributed by atoms with van der Waals surface area (Å²) in [5.41, 5.74) is 2.44. The first-order valence-electron chi connectivity index (χ1n) is 7.24. The molecule has 1 aromatic rings. The Balaban J connectivity index is 1.88. The van der Waals surface area contributed by atoms with Crippen molar-refractivity contribution in [3.8, 4) is 0 Å². The van der Waals surface area contributed by atoms with Gasteiger partial charge in [-0.3, -0.25) is 4.79 Å². The maximum Gasteiger partial charge on any atom is 0.332 e. The van der Waals surface area contributed by atoms with E-state index in [1.165, 1.54) is 18.9 Å². The number of carboxylic acid groups (broad SMARTS) is 1. The lowest BCUT2D eigenvalue weighted by Gasteiger charge is -2.21. The van der Waals surface area contributed by atoms with Crippen LogP contribution in [0.3, 0.4) is 0 Å². The number of amides is 1. The summed E-state index contributed by atoms with van der Waals surface area (Å²) < 4.78 is 3.22. The summed E-state index contributed by atoms with van der Waals surface area (Å²) in [7, 11) is 0. The Morgan fingerprint density at radius 3 is 2.68 bits per heavy atom. The zero-order valence-electron chi connectivity index (χ0n) is 12.5. The number of aliphatic carboxylic acids is 1. The number of rotatable bonds is 6. The smallest absolute Gasteiger partial charge is 0.332 e. The van der Waals surface area contributed by atoms with Crippen molar-refractivity contribution in [3.63, 3.8) is 0 Å². The number of hydrogen-bond donors (Lipinski definition) is 3. The van der Waals surface area contributed by atoms with Crippen LogP contribution in [-0.4, -0.2) is 22.2 Å². The van der Waals surface area contributed by atoms with Gasteiger partial charge in [0.2, 0.25) is 5.91 Å². The minimum Gasteiger partial charge on any atom is -0.478 e. The van der Waals surface area contributed by atoms with Crippen LogP contribution in [0.15, 0.2) is 35.9 Å². The van der Waals surface area contributed by atoms with Gasteiger partial charge in [-0.05, 0) is 48.9 Å². The minimum absolute atomic E-state index is 0.0229. The molecule has 3 N–H and O–H groups in total. The second kappa shape index (κ2) is 7.89. The normalized spacial score (nSPS) is 17.5. The molecule has 1 aliphatic carbocycles. The number of benzene rings is 1. The molecule has 0 radical (unpaired) electrons. The zero-order valence-corrected chi connectivity index (χ0v) is 13.3. The molecule has 0 aliphatic heterocycles. The van der Waals surface area contributed by atoms with Crippen molar-refractivity contribution < 1.29 is 14.7 Å². The van der Waals surface area contributed by atoms with Gasteiger partial charge in [0, 0.05) is 24.7 Å². The maximum absolute atomic E-state index is 11.2. The summed E-state index contributed by atoms with van der Waals surface area (Å²) in [6, 6.07) is 7.73. The van der Waals surface area contributed by atoms with Gasteiger partial charge in [-0.1, -0.05) is 18.2 Å². The first kappa shape index (κ1) is 16.4. The molecule has 1 amide bonds. The lowest BCUT2D eigenvalue weighted by Crippen LogP contribution is -2.19. The topological polar surface area (TPSA) is 78.4 Å². The summed E-state index contributed by atoms with van der Waals surface area (Å²) in [4.78, 5) is 22.1. The van der Waals surface area contributed by atoms with Gasteiger partial charge in [0.1, 0.15) is 0 Å². The molecular weight excluding hydrogens is 300 g/mol. The van der Waals surface area contributed by atoms with E-state index in [9.17, 15) is 14.7 Å². The van der Waals surface area contributed by atoms with Crippen LogP contribution < -0.4 is 10.0 Å². The number of hydrogen-bond acceptors (Lipinski definition) is 4. The zero-order chi connectivity index (χ0) is 15.9. The van der Waals surface area contributed by atoms with Crippen molar-refractivity contribution in [1.29, 1.82) is 0 Å². The van der Waals surface area contributed by atoms with E-state index in [4.69, 9.17) is 0 Å². The highest BCUT2D eigenvalue weighted by Gasteiger charge is 2.23. The van der Waals surface area contributed by atoms with Crippen LogP contribution in [0.2, 0.25) is 0 Å². The molecule has 1 aromatic carbocycles. The third-order valence-corrected chi connectivity index (χ3v) is 4.57. The number of carbonyl (C=O) groups is 2. The molecule has 1 unspecified atom stereocenters. The average molecular weight is 320 g/mol. The van der Waals surface area contributed by atoms with Crippen LogP contribution in [0.25, 0.3) is 0 Å². The summed E-state index contributed by atoms with van der Waals surface area (Å²) in [6.07, 6.45) is 4.56. The highest BCUT2D eigenvalue weighted by molar-refractivity contribution is 8.01. The Morgan fingerprint density at radius 1 is 1.32 bits per heavy atom. The van der Waals surface area contributed by atoms with Gasteiger partial charge >= 0.3 is 5.97 Å². The first-order valence-corrected chi connectivity index (χ1v) is 8.12. The van der Waals surface area contributed by atoms with Crippen LogP contribution in [0.5, 0.6) is 0 Å². The third-order valence-electron chi connectivity index (χ3n) is 3.44. The molecule has 0 bridgehead atoms. The molecule has 0 heterocycles. The van der Waals surface area contributed by atoms with E-state index in [1.54, 1.807) is 0 Å². The summed E-state index contributed by atoms with van der Waals surface area (Å²) in [5, 5.41) is 11.9. The average Bonchev–Trinajstić information content (AvgIpc) is 2.52. The predicted octanol–water partition coefficient (Wildman–Crippen LogP) is 2.95. The monoisotopic (exact) mass is 320 g/mol. The fourth-order valence-electron chi connectivity index (χ4n) is 2.25. The van der Waals surface area contributed by atoms with Crippen LogP contribution in [0.1, 0.15) is 31.7 Å². The standard InChI is InChI=1S/C16H20N2O3S/c1-11(19)17-10-12-6-8-13(9-7-12)18-22-15-5-3-2-4-14(15)16(20)21/h4,6-9,15,18H,2-3,5,10H2,1H3,(H,17,19)(H,20,21). The van der Waals surface area contributed by atoms with Crippen molar-refractivity contribution in [2.45, 2.75) is 38.0 Å². The fourth-order valence-corrected chi connectivity index (χ4v) is 3.27. The van der Waals surface area contributed by atoms with Crippen LogP contribution in [-0.2, 0) is 16.1 Å². The van der Waals surface area contributed by atoms with Crippen molar-refractivity contribution in [1.82, 2.24) is 5.32 Å². The van der Waals surface area contributed by atoms with E-state index in [-0.39, 0.29) is 11.2 Å². The minimum atomic E-state index is -0.829. The second-order valence-electron chi connectivity index (χ2n) is 5.21. The lowest BCUT2D eigenvalue weighted by atomic mass is 9.99. The molecule has 118 valence electrons. The Bertz CT molecular complexity index is 569. The van der Waals surface area contributed by atoms with E-state index in [0.29, 0.717) is 12.1 Å². The number of carbonyl (C=O) groups excluding carboxylic acids is 1. The Kier molecular flexibility index (Phi) is 5.89. The predicted molar refractivity (Wildman–Crippen MR) is 88.5 cm³/mol. The Labute approximate surface area is 134 Å². The van der Waals surface area contributed by atoms with Gasteiger partial charge in [-0.15, -0.1) is 0 Å². The van der Waals surface area contributed by atoms with E-state index >= 15 is 0 Å².